The quantitative estimate of drug-likeness (QED) is 0.543. The maximum absolute atomic E-state index is 10.3. The van der Waals surface area contributed by atoms with Crippen molar-refractivity contribution in [3.63, 3.8) is 0 Å². The summed E-state index contributed by atoms with van der Waals surface area (Å²) >= 11 is 1.60. The van der Waals surface area contributed by atoms with Gasteiger partial charge in [0.2, 0.25) is 0 Å². The molecule has 0 aliphatic carbocycles. The van der Waals surface area contributed by atoms with Crippen LogP contribution in [0.1, 0.15) is 6.92 Å². The molecule has 0 rings (SSSR count). The van der Waals surface area contributed by atoms with Crippen molar-refractivity contribution in [1.29, 1.82) is 0 Å². The van der Waals surface area contributed by atoms with Crippen LogP contribution in [0.15, 0.2) is 0 Å². The number of carbonyl (C=O) groups is 1. The van der Waals surface area contributed by atoms with Crippen LogP contribution < -0.4 is 5.90 Å². The van der Waals surface area contributed by atoms with Crippen molar-refractivity contribution in [3.05, 3.63) is 0 Å². The van der Waals surface area contributed by atoms with Crippen LogP contribution in [0.5, 0.6) is 0 Å². The number of nitrogens with two attached hydrogens (primary N) is 1. The van der Waals surface area contributed by atoms with Crippen molar-refractivity contribution >= 4 is 29.0 Å². The van der Waals surface area contributed by atoms with E-state index in [9.17, 15) is 4.79 Å². The molecule has 2 N–H and O–H groups in total. The van der Waals surface area contributed by atoms with Crippen molar-refractivity contribution in [2.45, 2.75) is 13.0 Å². The molecular formula is C3H6INO3. The van der Waals surface area contributed by atoms with Crippen LogP contribution in [0.4, 0.5) is 0 Å². The number of hydrogen-bond acceptors (Lipinski definition) is 4. The summed E-state index contributed by atoms with van der Waals surface area (Å²) in [6.45, 7) is 1.54. The monoisotopic (exact) mass is 231 g/mol. The Labute approximate surface area is 61.0 Å². The predicted octanol–water partition coefficient (Wildman–Crippen LogP) is 0.158. The van der Waals surface area contributed by atoms with Gasteiger partial charge in [-0.05, 0) is 6.92 Å². The Morgan fingerprint density at radius 1 is 1.88 bits per heavy atom. The van der Waals surface area contributed by atoms with E-state index in [1.54, 1.807) is 29.9 Å². The molecule has 1 atom stereocenters. The zero-order valence-corrected chi connectivity index (χ0v) is 6.41. The molecule has 0 radical (unpaired) electrons. The van der Waals surface area contributed by atoms with E-state index in [-0.39, 0.29) is 0 Å². The Hall–Kier alpha value is 0.120. The topological polar surface area (TPSA) is 61.5 Å². The van der Waals surface area contributed by atoms with Crippen LogP contribution in [0.25, 0.3) is 0 Å². The molecule has 0 heterocycles. The van der Waals surface area contributed by atoms with Crippen LogP contribution in [0.2, 0.25) is 0 Å². The second-order valence-corrected chi connectivity index (χ2v) is 1.68. The molecule has 0 aliphatic rings. The fourth-order valence-electron chi connectivity index (χ4n) is 0.132. The summed E-state index contributed by atoms with van der Waals surface area (Å²) in [6.07, 6.45) is -0.583. The Kier molecular flexibility index (Phi) is 4.11. The highest BCUT2D eigenvalue weighted by molar-refractivity contribution is 14.1. The molecule has 4 nitrogen and oxygen atoms in total. The fourth-order valence-corrected chi connectivity index (χ4v) is 0.340. The van der Waals surface area contributed by atoms with Gasteiger partial charge in [-0.3, -0.25) is 0 Å². The molecule has 0 aliphatic heterocycles. The van der Waals surface area contributed by atoms with Gasteiger partial charge in [0.05, 0.1) is 0 Å². The van der Waals surface area contributed by atoms with Crippen LogP contribution in [0.3, 0.4) is 0 Å². The minimum Gasteiger partial charge on any atom is -0.371 e. The molecule has 0 spiro atoms. The molecule has 0 bridgehead atoms. The summed E-state index contributed by atoms with van der Waals surface area (Å²) in [5.74, 6) is 3.95. The van der Waals surface area contributed by atoms with Gasteiger partial charge in [-0.1, -0.05) is 0 Å². The van der Waals surface area contributed by atoms with E-state index in [4.69, 9.17) is 0 Å². The lowest BCUT2D eigenvalue weighted by atomic mass is 10.4. The lowest BCUT2D eigenvalue weighted by Gasteiger charge is -2.01. The molecule has 48 valence electrons. The average molecular weight is 231 g/mol. The van der Waals surface area contributed by atoms with Gasteiger partial charge in [-0.2, -0.15) is 5.90 Å². The Morgan fingerprint density at radius 2 is 2.38 bits per heavy atom. The van der Waals surface area contributed by atoms with E-state index in [1.165, 1.54) is 0 Å². The number of rotatable bonds is 2. The summed E-state index contributed by atoms with van der Waals surface area (Å²) in [5.41, 5.74) is 0. The van der Waals surface area contributed by atoms with Gasteiger partial charge >= 0.3 is 5.97 Å². The summed E-state index contributed by atoms with van der Waals surface area (Å²) in [5, 5.41) is 0. The zero-order chi connectivity index (χ0) is 6.57. The predicted molar refractivity (Wildman–Crippen MR) is 34.8 cm³/mol. The molecule has 0 fully saturated rings. The first-order valence-corrected chi connectivity index (χ1v) is 2.78. The molecular weight excluding hydrogens is 225 g/mol. The first-order valence-electron chi connectivity index (χ1n) is 1.90. The Balaban J connectivity index is 3.46. The lowest BCUT2D eigenvalue weighted by Crippen LogP contribution is -2.22. The first kappa shape index (κ1) is 8.12. The van der Waals surface area contributed by atoms with Gasteiger partial charge in [0.15, 0.2) is 6.10 Å². The van der Waals surface area contributed by atoms with Crippen LogP contribution >= 0.6 is 23.0 Å². The third-order valence-electron chi connectivity index (χ3n) is 0.582. The van der Waals surface area contributed by atoms with E-state index in [1.807, 2.05) is 0 Å². The molecule has 0 aromatic carbocycles. The third kappa shape index (κ3) is 2.43. The van der Waals surface area contributed by atoms with Crippen LogP contribution in [0, 0.1) is 0 Å². The average Bonchev–Trinajstić information content (AvgIpc) is 1.84. The van der Waals surface area contributed by atoms with Gasteiger partial charge in [0.1, 0.15) is 23.0 Å². The highest BCUT2D eigenvalue weighted by atomic mass is 127. The number of carbonyl (C=O) groups excluding carboxylic acids is 1. The van der Waals surface area contributed by atoms with E-state index < -0.39 is 12.1 Å². The Bertz CT molecular complexity index is 86.6. The highest BCUT2D eigenvalue weighted by Crippen LogP contribution is 1.97. The summed E-state index contributed by atoms with van der Waals surface area (Å²) in [4.78, 5) is 14.1. The number of hydrogen-bond donors (Lipinski definition) is 1. The van der Waals surface area contributed by atoms with Crippen molar-refractivity contribution in [2.75, 3.05) is 0 Å². The molecule has 1 unspecified atom stereocenters. The molecule has 0 aromatic rings. The molecule has 5 heteroatoms. The minimum absolute atomic E-state index is 0.570. The van der Waals surface area contributed by atoms with Gasteiger partial charge in [0, 0.05) is 0 Å². The molecule has 8 heavy (non-hydrogen) atoms. The van der Waals surface area contributed by atoms with E-state index in [0.717, 1.165) is 0 Å². The van der Waals surface area contributed by atoms with E-state index in [2.05, 4.69) is 13.8 Å². The lowest BCUT2D eigenvalue weighted by molar-refractivity contribution is -0.150. The maximum Gasteiger partial charge on any atom is 0.354 e. The Morgan fingerprint density at radius 3 is 2.50 bits per heavy atom. The molecule has 0 aromatic heterocycles. The van der Waals surface area contributed by atoms with Crippen molar-refractivity contribution in [1.82, 2.24) is 0 Å². The molecule has 0 saturated heterocycles. The van der Waals surface area contributed by atoms with Crippen LogP contribution in [-0.4, -0.2) is 12.1 Å². The van der Waals surface area contributed by atoms with Gasteiger partial charge in [0.25, 0.3) is 0 Å². The smallest absolute Gasteiger partial charge is 0.354 e. The fraction of sp³-hybridized carbons (Fsp3) is 0.667. The first-order chi connectivity index (χ1) is 3.72. The van der Waals surface area contributed by atoms with Crippen molar-refractivity contribution in [3.8, 4) is 0 Å². The zero-order valence-electron chi connectivity index (χ0n) is 4.26. The van der Waals surface area contributed by atoms with E-state index in [0.29, 0.717) is 0 Å². The molecule has 0 amide bonds. The summed E-state index contributed by atoms with van der Waals surface area (Å²) in [7, 11) is 0. The third-order valence-corrected chi connectivity index (χ3v) is 1.34. The second kappa shape index (κ2) is 4.04. The highest BCUT2D eigenvalue weighted by Gasteiger charge is 2.11. The van der Waals surface area contributed by atoms with Crippen LogP contribution in [-0.2, 0) is 12.7 Å². The maximum atomic E-state index is 10.3. The van der Waals surface area contributed by atoms with Gasteiger partial charge in [-0.25, -0.2) is 4.79 Å². The standard InChI is InChI=1S/C3H6INO3/c1-2(7-4)3(6)8-5/h2H,5H2,1H3. The molecule has 0 saturated carbocycles. The van der Waals surface area contributed by atoms with E-state index >= 15 is 0 Å². The minimum atomic E-state index is -0.583. The summed E-state index contributed by atoms with van der Waals surface area (Å²) < 4.78 is 4.52. The van der Waals surface area contributed by atoms with Gasteiger partial charge < -0.3 is 7.90 Å². The second-order valence-electron chi connectivity index (χ2n) is 1.17. The largest absolute Gasteiger partial charge is 0.371 e. The summed E-state index contributed by atoms with van der Waals surface area (Å²) in [6, 6.07) is 0. The van der Waals surface area contributed by atoms with Crippen molar-refractivity contribution < 1.29 is 12.7 Å². The van der Waals surface area contributed by atoms with Crippen molar-refractivity contribution in [2.24, 2.45) is 5.90 Å². The number of halogens is 1. The van der Waals surface area contributed by atoms with Gasteiger partial charge in [-0.15, -0.1) is 0 Å². The SMILES string of the molecule is CC(OI)C(=O)ON. The normalized spacial score (nSPS) is 12.9.